The van der Waals surface area contributed by atoms with E-state index in [-0.39, 0.29) is 18.7 Å². The third-order valence-electron chi connectivity index (χ3n) is 7.30. The first-order valence-corrected chi connectivity index (χ1v) is 12.9. The molecule has 0 amide bonds. The van der Waals surface area contributed by atoms with Gasteiger partial charge in [0.2, 0.25) is 0 Å². The minimum atomic E-state index is -1.21. The number of aliphatic hydroxyl groups is 1. The van der Waals surface area contributed by atoms with E-state index in [9.17, 15) is 14.7 Å². The lowest BCUT2D eigenvalue weighted by atomic mass is 9.80. The molecule has 4 atom stereocenters. The van der Waals surface area contributed by atoms with Crippen molar-refractivity contribution in [2.75, 3.05) is 13.2 Å². The summed E-state index contributed by atoms with van der Waals surface area (Å²) in [5.41, 5.74) is 9.70. The molecular weight excluding hydrogens is 510 g/mol. The summed E-state index contributed by atoms with van der Waals surface area (Å²) in [6.45, 7) is 1.48. The van der Waals surface area contributed by atoms with E-state index in [4.69, 9.17) is 15.0 Å². The highest BCUT2D eigenvalue weighted by molar-refractivity contribution is 5.47. The van der Waals surface area contributed by atoms with E-state index in [1.165, 1.54) is 6.20 Å². The largest absolute Gasteiger partial charge is 0.388 e. The monoisotopic (exact) mass is 539 g/mol. The van der Waals surface area contributed by atoms with Crippen molar-refractivity contribution in [3.8, 4) is 0 Å². The van der Waals surface area contributed by atoms with E-state index in [2.05, 4.69) is 15.0 Å². The number of aromatic amines is 1. The summed E-state index contributed by atoms with van der Waals surface area (Å²) >= 11 is 0. The first kappa shape index (κ1) is 27.1. The molecule has 0 spiro atoms. The van der Waals surface area contributed by atoms with Crippen LogP contribution in [0.2, 0.25) is 0 Å². The summed E-state index contributed by atoms with van der Waals surface area (Å²) < 4.78 is 14.3. The van der Waals surface area contributed by atoms with E-state index >= 15 is 0 Å². The number of H-pyrrole nitrogens is 1. The van der Waals surface area contributed by atoms with E-state index in [0.29, 0.717) is 0 Å². The Hall–Kier alpha value is -4.47. The Morgan fingerprint density at radius 3 is 2.00 bits per heavy atom. The number of rotatable bonds is 9. The van der Waals surface area contributed by atoms with Gasteiger partial charge in [-0.15, -0.1) is 0 Å². The molecule has 1 fully saturated rings. The van der Waals surface area contributed by atoms with Crippen molar-refractivity contribution >= 4 is 0 Å². The zero-order chi connectivity index (χ0) is 28.1. The predicted molar refractivity (Wildman–Crippen MR) is 149 cm³/mol. The van der Waals surface area contributed by atoms with Crippen molar-refractivity contribution in [2.45, 2.75) is 31.0 Å². The number of aromatic nitrogens is 2. The van der Waals surface area contributed by atoms with E-state index in [0.717, 1.165) is 21.3 Å². The van der Waals surface area contributed by atoms with Gasteiger partial charge in [0.05, 0.1) is 12.7 Å². The van der Waals surface area contributed by atoms with Gasteiger partial charge < -0.3 is 14.6 Å². The van der Waals surface area contributed by atoms with Crippen LogP contribution in [0.1, 0.15) is 28.5 Å². The third kappa shape index (κ3) is 5.09. The van der Waals surface area contributed by atoms with Crippen molar-refractivity contribution in [3.05, 3.63) is 151 Å². The fourth-order valence-corrected chi connectivity index (χ4v) is 5.29. The standard InChI is InChI=1S/C30H29N5O5/c1-20-18-35(29(38)33-27(20)37)28-26(36)24(17-32-34-31)25(40-28)19-39-30(21-11-5-2-6-12-21,22-13-7-3-8-14-22)23-15-9-4-10-16-23/h2-16,18,24-26,28,36H,17,19H2,1H3,(H,33,37,38)/t24-,25-,26+,28-/m1/s1. The summed E-state index contributed by atoms with van der Waals surface area (Å²) in [6.07, 6.45) is -1.72. The van der Waals surface area contributed by atoms with Gasteiger partial charge in [0, 0.05) is 29.1 Å². The first-order valence-electron chi connectivity index (χ1n) is 12.9. The van der Waals surface area contributed by atoms with E-state index in [1.54, 1.807) is 6.92 Å². The van der Waals surface area contributed by atoms with Crippen molar-refractivity contribution in [1.82, 2.24) is 9.55 Å². The molecule has 10 nitrogen and oxygen atoms in total. The smallest absolute Gasteiger partial charge is 0.330 e. The number of hydrogen-bond acceptors (Lipinski definition) is 6. The lowest BCUT2D eigenvalue weighted by Gasteiger charge is -2.37. The highest BCUT2D eigenvalue weighted by Crippen LogP contribution is 2.42. The maximum Gasteiger partial charge on any atom is 0.330 e. The van der Waals surface area contributed by atoms with Crippen LogP contribution in [0.25, 0.3) is 10.4 Å². The van der Waals surface area contributed by atoms with Gasteiger partial charge >= 0.3 is 5.69 Å². The molecule has 10 heteroatoms. The Kier molecular flexibility index (Phi) is 7.95. The quantitative estimate of drug-likeness (QED) is 0.143. The Labute approximate surface area is 230 Å². The molecule has 0 aliphatic carbocycles. The Balaban J connectivity index is 1.57. The maximum atomic E-state index is 12.6. The fraction of sp³-hybridized carbons (Fsp3) is 0.267. The maximum absolute atomic E-state index is 12.6. The number of nitrogens with zero attached hydrogens (tertiary/aromatic N) is 4. The lowest BCUT2D eigenvalue weighted by molar-refractivity contribution is -0.0902. The second kappa shape index (κ2) is 11.7. The van der Waals surface area contributed by atoms with E-state index < -0.39 is 41.2 Å². The number of nitrogens with one attached hydrogen (secondary N) is 1. The van der Waals surface area contributed by atoms with Gasteiger partial charge in [-0.05, 0) is 29.1 Å². The second-order valence-corrected chi connectivity index (χ2v) is 9.70. The highest BCUT2D eigenvalue weighted by Gasteiger charge is 2.47. The molecule has 40 heavy (non-hydrogen) atoms. The van der Waals surface area contributed by atoms with Crippen LogP contribution in [0.5, 0.6) is 0 Å². The number of aryl methyl sites for hydroxylation is 1. The van der Waals surface area contributed by atoms with Crippen LogP contribution < -0.4 is 11.2 Å². The van der Waals surface area contributed by atoms with Crippen molar-refractivity contribution in [1.29, 1.82) is 0 Å². The lowest BCUT2D eigenvalue weighted by Crippen LogP contribution is -2.38. The Bertz CT molecular complexity index is 1500. The summed E-state index contributed by atoms with van der Waals surface area (Å²) in [6, 6.07) is 29.4. The van der Waals surface area contributed by atoms with Gasteiger partial charge in [-0.2, -0.15) is 0 Å². The Morgan fingerprint density at radius 2 is 1.50 bits per heavy atom. The molecular formula is C30H29N5O5. The second-order valence-electron chi connectivity index (χ2n) is 9.70. The minimum absolute atomic E-state index is 0.00502. The van der Waals surface area contributed by atoms with Crippen LogP contribution in [-0.4, -0.2) is 40.0 Å². The van der Waals surface area contributed by atoms with Crippen LogP contribution >= 0.6 is 0 Å². The van der Waals surface area contributed by atoms with Crippen LogP contribution in [0.15, 0.2) is 112 Å². The van der Waals surface area contributed by atoms with Crippen molar-refractivity contribution < 1.29 is 14.6 Å². The molecule has 1 aliphatic rings. The molecule has 0 saturated carbocycles. The summed E-state index contributed by atoms with van der Waals surface area (Å²) in [7, 11) is 0. The number of benzene rings is 3. The van der Waals surface area contributed by atoms with Crippen molar-refractivity contribution in [2.24, 2.45) is 11.0 Å². The molecule has 3 aromatic carbocycles. The molecule has 2 N–H and O–H groups in total. The van der Waals surface area contributed by atoms with Crippen LogP contribution in [0.3, 0.4) is 0 Å². The third-order valence-corrected chi connectivity index (χ3v) is 7.30. The van der Waals surface area contributed by atoms with Gasteiger partial charge in [-0.3, -0.25) is 14.3 Å². The molecule has 1 saturated heterocycles. The minimum Gasteiger partial charge on any atom is -0.388 e. The number of azide groups is 1. The molecule has 4 aromatic rings. The molecule has 0 radical (unpaired) electrons. The topological polar surface area (TPSA) is 142 Å². The number of aliphatic hydroxyl groups excluding tert-OH is 1. The molecule has 0 bridgehead atoms. The SMILES string of the molecule is Cc1cn([C@@H]2O[C@H](COC(c3ccccc3)(c3ccccc3)c3ccccc3)[C@@H](CN=[N+]=[N-])[C@@H]2O)c(=O)[nH]c1=O. The molecule has 1 aromatic heterocycles. The van der Waals surface area contributed by atoms with E-state index in [1.807, 2.05) is 91.0 Å². The van der Waals surface area contributed by atoms with Gasteiger partial charge in [-0.25, -0.2) is 4.79 Å². The predicted octanol–water partition coefficient (Wildman–Crippen LogP) is 4.04. The van der Waals surface area contributed by atoms with Gasteiger partial charge in [0.1, 0.15) is 11.7 Å². The zero-order valence-corrected chi connectivity index (χ0v) is 21.8. The first-order chi connectivity index (χ1) is 19.5. The average Bonchev–Trinajstić information content (AvgIpc) is 3.30. The van der Waals surface area contributed by atoms with Gasteiger partial charge in [0.25, 0.3) is 5.56 Å². The molecule has 5 rings (SSSR count). The molecule has 0 unspecified atom stereocenters. The fourth-order valence-electron chi connectivity index (χ4n) is 5.29. The number of ether oxygens (including phenoxy) is 2. The van der Waals surface area contributed by atoms with Crippen LogP contribution in [0.4, 0.5) is 0 Å². The molecule has 2 heterocycles. The van der Waals surface area contributed by atoms with Gasteiger partial charge in [-0.1, -0.05) is 96.1 Å². The van der Waals surface area contributed by atoms with Crippen LogP contribution in [0, 0.1) is 12.8 Å². The average molecular weight is 540 g/mol. The summed E-state index contributed by atoms with van der Waals surface area (Å²) in [5, 5.41) is 14.9. The molecule has 204 valence electrons. The zero-order valence-electron chi connectivity index (χ0n) is 21.8. The van der Waals surface area contributed by atoms with Crippen LogP contribution in [-0.2, 0) is 15.1 Å². The summed E-state index contributed by atoms with van der Waals surface area (Å²) in [5.74, 6) is -0.681. The molecule has 1 aliphatic heterocycles. The van der Waals surface area contributed by atoms with Crippen molar-refractivity contribution in [3.63, 3.8) is 0 Å². The van der Waals surface area contributed by atoms with Gasteiger partial charge in [0.15, 0.2) is 6.23 Å². The Morgan fingerprint density at radius 1 is 0.975 bits per heavy atom. The highest BCUT2D eigenvalue weighted by atomic mass is 16.6. The normalized spacial score (nSPS) is 20.6. The summed E-state index contributed by atoms with van der Waals surface area (Å²) in [4.78, 5) is 29.7. The number of hydrogen-bond donors (Lipinski definition) is 2.